The zero-order valence-corrected chi connectivity index (χ0v) is 12.3. The maximum Gasteiger partial charge on any atom is 0.307 e. The molecule has 6 nitrogen and oxygen atoms in total. The average molecular weight is 292 g/mol. The number of carboxylic acids is 1. The van der Waals surface area contributed by atoms with E-state index in [-0.39, 0.29) is 22.4 Å². The van der Waals surface area contributed by atoms with E-state index >= 15 is 0 Å². The predicted octanol–water partition coefficient (Wildman–Crippen LogP) is 2.62. The lowest BCUT2D eigenvalue weighted by atomic mass is 9.99. The summed E-state index contributed by atoms with van der Waals surface area (Å²) in [6, 6.07) is 5.32. The fourth-order valence-electron chi connectivity index (χ4n) is 2.77. The highest BCUT2D eigenvalue weighted by Crippen LogP contribution is 2.28. The second kappa shape index (κ2) is 6.22. The topological polar surface area (TPSA) is 83.7 Å². The molecule has 1 atom stereocenters. The molecule has 0 saturated carbocycles. The lowest BCUT2D eigenvalue weighted by Gasteiger charge is -2.16. The highest BCUT2D eigenvalue weighted by Gasteiger charge is 2.28. The Bertz CT molecular complexity index is 557. The van der Waals surface area contributed by atoms with Gasteiger partial charge in [-0.1, -0.05) is 26.0 Å². The number of carboxylic acid groups (broad SMARTS) is 1. The molecule has 21 heavy (non-hydrogen) atoms. The van der Waals surface area contributed by atoms with E-state index in [1.165, 1.54) is 0 Å². The summed E-state index contributed by atoms with van der Waals surface area (Å²) < 4.78 is 0. The number of aliphatic carboxylic acids is 1. The Balaban J connectivity index is 2.13. The maximum absolute atomic E-state index is 11.2. The smallest absolute Gasteiger partial charge is 0.307 e. The molecule has 6 heteroatoms. The van der Waals surface area contributed by atoms with Crippen molar-refractivity contribution in [3.05, 3.63) is 39.4 Å². The van der Waals surface area contributed by atoms with Gasteiger partial charge < -0.3 is 5.11 Å². The molecule has 1 heterocycles. The monoisotopic (exact) mass is 292 g/mol. The van der Waals surface area contributed by atoms with Gasteiger partial charge in [-0.25, -0.2) is 0 Å². The number of hydrogen-bond donors (Lipinski definition) is 1. The van der Waals surface area contributed by atoms with Crippen LogP contribution in [0.3, 0.4) is 0 Å². The summed E-state index contributed by atoms with van der Waals surface area (Å²) in [5.41, 5.74) is 1.74. The van der Waals surface area contributed by atoms with Gasteiger partial charge in [-0.2, -0.15) is 0 Å². The quantitative estimate of drug-likeness (QED) is 0.666. The van der Waals surface area contributed by atoms with Crippen molar-refractivity contribution in [3.63, 3.8) is 0 Å². The molecule has 0 radical (unpaired) electrons. The Labute approximate surface area is 123 Å². The first-order valence-electron chi connectivity index (χ1n) is 7.11. The Kier molecular flexibility index (Phi) is 4.57. The van der Waals surface area contributed by atoms with Gasteiger partial charge >= 0.3 is 5.97 Å². The van der Waals surface area contributed by atoms with Gasteiger partial charge in [-0.15, -0.1) is 0 Å². The zero-order chi connectivity index (χ0) is 15.6. The van der Waals surface area contributed by atoms with Crippen LogP contribution in [0.4, 0.5) is 5.69 Å². The Morgan fingerprint density at radius 1 is 1.52 bits per heavy atom. The molecular formula is C15H20N2O4. The number of hydrogen-bond acceptors (Lipinski definition) is 4. The Hall–Kier alpha value is -1.95. The van der Waals surface area contributed by atoms with Crippen LogP contribution >= 0.6 is 0 Å². The van der Waals surface area contributed by atoms with Crippen LogP contribution in [-0.4, -0.2) is 34.0 Å². The first kappa shape index (κ1) is 15.4. The highest BCUT2D eigenvalue weighted by molar-refractivity contribution is 5.70. The van der Waals surface area contributed by atoms with Crippen molar-refractivity contribution in [2.75, 3.05) is 13.1 Å². The summed E-state index contributed by atoms with van der Waals surface area (Å²) in [7, 11) is 0. The van der Waals surface area contributed by atoms with Crippen LogP contribution in [-0.2, 0) is 11.3 Å². The van der Waals surface area contributed by atoms with Gasteiger partial charge in [0.25, 0.3) is 5.69 Å². The molecule has 1 aromatic rings. The largest absolute Gasteiger partial charge is 0.481 e. The lowest BCUT2D eigenvalue weighted by molar-refractivity contribution is -0.385. The summed E-state index contributed by atoms with van der Waals surface area (Å²) in [6.07, 6.45) is 0.640. The molecule has 0 bridgehead atoms. The minimum Gasteiger partial charge on any atom is -0.481 e. The van der Waals surface area contributed by atoms with Crippen LogP contribution in [0.1, 0.15) is 37.3 Å². The molecule has 1 aliphatic rings. The molecule has 1 aliphatic heterocycles. The number of carbonyl (C=O) groups is 1. The van der Waals surface area contributed by atoms with Crippen molar-refractivity contribution in [1.82, 2.24) is 4.90 Å². The van der Waals surface area contributed by atoms with E-state index in [9.17, 15) is 14.9 Å². The normalized spacial score (nSPS) is 19.1. The standard InChI is InChI=1S/C15H20N2O4/c1-10(2)13-4-3-11(7-14(13)17(20)21)8-16-6-5-12(9-16)15(18)19/h3-4,7,10,12H,5-6,8-9H2,1-2H3,(H,18,19). The lowest BCUT2D eigenvalue weighted by Crippen LogP contribution is -2.22. The van der Waals surface area contributed by atoms with Gasteiger partial charge in [0.1, 0.15) is 0 Å². The third-order valence-corrected chi connectivity index (χ3v) is 3.94. The third kappa shape index (κ3) is 3.58. The van der Waals surface area contributed by atoms with Crippen molar-refractivity contribution in [1.29, 1.82) is 0 Å². The van der Waals surface area contributed by atoms with Crippen LogP contribution < -0.4 is 0 Å². The fourth-order valence-corrected chi connectivity index (χ4v) is 2.77. The molecule has 2 rings (SSSR count). The Morgan fingerprint density at radius 3 is 2.76 bits per heavy atom. The summed E-state index contributed by atoms with van der Waals surface area (Å²) in [4.78, 5) is 23.8. The predicted molar refractivity (Wildman–Crippen MR) is 78.2 cm³/mol. The second-order valence-electron chi connectivity index (χ2n) is 5.86. The molecular weight excluding hydrogens is 272 g/mol. The number of nitro groups is 1. The van der Waals surface area contributed by atoms with Gasteiger partial charge in [0.05, 0.1) is 10.8 Å². The van der Waals surface area contributed by atoms with E-state index < -0.39 is 5.97 Å². The van der Waals surface area contributed by atoms with Crippen molar-refractivity contribution in [3.8, 4) is 0 Å². The molecule has 0 aliphatic carbocycles. The van der Waals surface area contributed by atoms with Gasteiger partial charge in [0.2, 0.25) is 0 Å². The van der Waals surface area contributed by atoms with Gasteiger partial charge in [0.15, 0.2) is 0 Å². The van der Waals surface area contributed by atoms with Crippen LogP contribution in [0, 0.1) is 16.0 Å². The van der Waals surface area contributed by atoms with Crippen molar-refractivity contribution in [2.24, 2.45) is 5.92 Å². The first-order valence-corrected chi connectivity index (χ1v) is 7.11. The van der Waals surface area contributed by atoms with E-state index in [4.69, 9.17) is 5.11 Å². The summed E-state index contributed by atoms with van der Waals surface area (Å²) in [5, 5.41) is 20.2. The zero-order valence-electron chi connectivity index (χ0n) is 12.3. The van der Waals surface area contributed by atoms with Crippen LogP contribution in [0.2, 0.25) is 0 Å². The highest BCUT2D eigenvalue weighted by atomic mass is 16.6. The summed E-state index contributed by atoms with van der Waals surface area (Å²) in [6.45, 7) is 5.65. The van der Waals surface area contributed by atoms with E-state index in [2.05, 4.69) is 0 Å². The molecule has 1 unspecified atom stereocenters. The number of rotatable bonds is 5. The number of nitro benzene ring substituents is 1. The van der Waals surface area contributed by atoms with Crippen molar-refractivity contribution < 1.29 is 14.8 Å². The minimum absolute atomic E-state index is 0.0997. The molecule has 1 N–H and O–H groups in total. The molecule has 1 fully saturated rings. The molecule has 1 aromatic carbocycles. The van der Waals surface area contributed by atoms with E-state index in [1.54, 1.807) is 6.07 Å². The minimum atomic E-state index is -0.765. The van der Waals surface area contributed by atoms with E-state index in [0.29, 0.717) is 19.5 Å². The molecule has 0 aromatic heterocycles. The molecule has 1 saturated heterocycles. The van der Waals surface area contributed by atoms with Gasteiger partial charge in [0, 0.05) is 24.7 Å². The average Bonchev–Trinajstić information content (AvgIpc) is 2.87. The number of nitrogens with zero attached hydrogens (tertiary/aromatic N) is 2. The number of benzene rings is 1. The van der Waals surface area contributed by atoms with Crippen LogP contribution in [0.25, 0.3) is 0 Å². The maximum atomic E-state index is 11.2. The second-order valence-corrected chi connectivity index (χ2v) is 5.86. The van der Waals surface area contributed by atoms with Crippen LogP contribution in [0.15, 0.2) is 18.2 Å². The SMILES string of the molecule is CC(C)c1ccc(CN2CCC(C(=O)O)C2)cc1[N+](=O)[O-]. The molecule has 114 valence electrons. The Morgan fingerprint density at radius 2 is 2.24 bits per heavy atom. The summed E-state index contributed by atoms with van der Waals surface area (Å²) >= 11 is 0. The van der Waals surface area contributed by atoms with Crippen LogP contribution in [0.5, 0.6) is 0 Å². The van der Waals surface area contributed by atoms with E-state index in [1.807, 2.05) is 30.9 Å². The molecule has 0 amide bonds. The van der Waals surface area contributed by atoms with E-state index in [0.717, 1.165) is 17.7 Å². The van der Waals surface area contributed by atoms with Gasteiger partial charge in [-0.05, 0) is 24.4 Å². The van der Waals surface area contributed by atoms with Crippen molar-refractivity contribution in [2.45, 2.75) is 32.7 Å². The first-order chi connectivity index (χ1) is 9.88. The molecule has 0 spiro atoms. The number of likely N-dealkylation sites (tertiary alicyclic amines) is 1. The third-order valence-electron chi connectivity index (χ3n) is 3.94. The van der Waals surface area contributed by atoms with Crippen molar-refractivity contribution >= 4 is 11.7 Å². The fraction of sp³-hybridized carbons (Fsp3) is 0.533. The van der Waals surface area contributed by atoms with Gasteiger partial charge in [-0.3, -0.25) is 19.8 Å². The summed E-state index contributed by atoms with van der Waals surface area (Å²) in [5.74, 6) is -0.990.